The second-order valence-corrected chi connectivity index (χ2v) is 9.87. The zero-order valence-electron chi connectivity index (χ0n) is 19.5. The van der Waals surface area contributed by atoms with Crippen molar-refractivity contribution >= 4 is 41.1 Å². The fourth-order valence-electron chi connectivity index (χ4n) is 4.49. The minimum absolute atomic E-state index is 0.0457. The minimum Gasteiger partial charge on any atom is -0.511 e. The van der Waals surface area contributed by atoms with Crippen LogP contribution in [0, 0.1) is 0 Å². The van der Waals surface area contributed by atoms with E-state index >= 15 is 0 Å². The maximum atomic E-state index is 12.6. The zero-order chi connectivity index (χ0) is 24.8. The standard InChI is InChI=1S/C27H29Cl2N3O3/c28-22-5-1-19(2-6-22)15-27(35)32-13-11-31(12-14-32)10-9-30-18-24-25(33)16-21(17-26(24)34)20-3-7-23(29)8-4-20/h1-8,18,21,33H,9-17H2. The van der Waals surface area contributed by atoms with E-state index in [-0.39, 0.29) is 23.4 Å². The molecule has 1 N–H and O–H groups in total. The van der Waals surface area contributed by atoms with Crippen LogP contribution in [0.5, 0.6) is 0 Å². The van der Waals surface area contributed by atoms with E-state index in [1.807, 2.05) is 29.2 Å². The summed E-state index contributed by atoms with van der Waals surface area (Å²) < 4.78 is 0. The first kappa shape index (κ1) is 25.4. The van der Waals surface area contributed by atoms with E-state index < -0.39 is 0 Å². The molecule has 1 aliphatic heterocycles. The number of benzene rings is 2. The third-order valence-corrected chi connectivity index (χ3v) is 7.09. The molecule has 2 aliphatic rings. The number of Topliss-reactive ketones (excluding diaryl/α,β-unsaturated/α-hetero) is 1. The number of hydrogen-bond acceptors (Lipinski definition) is 5. The van der Waals surface area contributed by atoms with Crippen LogP contribution in [-0.4, -0.2) is 72.1 Å². The molecule has 1 heterocycles. The molecule has 0 aromatic heterocycles. The zero-order valence-corrected chi connectivity index (χ0v) is 21.0. The third kappa shape index (κ3) is 6.94. The molecule has 1 fully saturated rings. The molecule has 0 radical (unpaired) electrons. The Morgan fingerprint density at radius 3 is 2.23 bits per heavy atom. The van der Waals surface area contributed by atoms with Crippen molar-refractivity contribution in [3.05, 3.63) is 81.0 Å². The van der Waals surface area contributed by atoms with Crippen molar-refractivity contribution in [2.75, 3.05) is 39.3 Å². The Labute approximate surface area is 215 Å². The van der Waals surface area contributed by atoms with Gasteiger partial charge in [0.05, 0.1) is 18.5 Å². The Hall–Kier alpha value is -2.67. The average Bonchev–Trinajstić information content (AvgIpc) is 2.85. The normalized spacial score (nSPS) is 19.5. The van der Waals surface area contributed by atoms with Crippen LogP contribution < -0.4 is 0 Å². The van der Waals surface area contributed by atoms with E-state index in [1.54, 1.807) is 24.3 Å². The summed E-state index contributed by atoms with van der Waals surface area (Å²) in [4.78, 5) is 33.7. The minimum atomic E-state index is -0.0923. The van der Waals surface area contributed by atoms with Gasteiger partial charge in [0.1, 0.15) is 5.76 Å². The summed E-state index contributed by atoms with van der Waals surface area (Å²) >= 11 is 11.9. The number of halogens is 2. The average molecular weight is 514 g/mol. The highest BCUT2D eigenvalue weighted by molar-refractivity contribution is 6.30. The highest BCUT2D eigenvalue weighted by atomic mass is 35.5. The molecule has 1 aliphatic carbocycles. The molecule has 6 nitrogen and oxygen atoms in total. The van der Waals surface area contributed by atoms with Gasteiger partial charge in [-0.25, -0.2) is 0 Å². The van der Waals surface area contributed by atoms with Gasteiger partial charge in [-0.15, -0.1) is 0 Å². The smallest absolute Gasteiger partial charge is 0.227 e. The number of amides is 1. The maximum Gasteiger partial charge on any atom is 0.227 e. The quantitative estimate of drug-likeness (QED) is 0.544. The number of hydrogen-bond donors (Lipinski definition) is 1. The SMILES string of the molecule is O=C1CC(c2ccc(Cl)cc2)CC(O)=C1C=NCCN1CCN(C(=O)Cc2ccc(Cl)cc2)CC1. The summed E-state index contributed by atoms with van der Waals surface area (Å²) in [5.74, 6) is 0.0822. The lowest BCUT2D eigenvalue weighted by Gasteiger charge is -2.34. The molecule has 1 saturated heterocycles. The van der Waals surface area contributed by atoms with Crippen molar-refractivity contribution in [3.8, 4) is 0 Å². The molecule has 1 atom stereocenters. The largest absolute Gasteiger partial charge is 0.511 e. The number of carbonyl (C=O) groups excluding carboxylic acids is 2. The van der Waals surface area contributed by atoms with Crippen LogP contribution in [0.2, 0.25) is 10.0 Å². The lowest BCUT2D eigenvalue weighted by Crippen LogP contribution is -2.49. The molecule has 1 unspecified atom stereocenters. The van der Waals surface area contributed by atoms with Gasteiger partial charge in [0.25, 0.3) is 0 Å². The first-order valence-corrected chi connectivity index (χ1v) is 12.6. The molecule has 0 saturated carbocycles. The van der Waals surface area contributed by atoms with Gasteiger partial charge in [-0.3, -0.25) is 19.5 Å². The fourth-order valence-corrected chi connectivity index (χ4v) is 4.74. The summed E-state index contributed by atoms with van der Waals surface area (Å²) in [6, 6.07) is 14.8. The highest BCUT2D eigenvalue weighted by Gasteiger charge is 2.28. The predicted molar refractivity (Wildman–Crippen MR) is 140 cm³/mol. The van der Waals surface area contributed by atoms with Crippen molar-refractivity contribution in [1.82, 2.24) is 9.80 Å². The van der Waals surface area contributed by atoms with E-state index in [9.17, 15) is 14.7 Å². The molecule has 184 valence electrons. The third-order valence-electron chi connectivity index (χ3n) is 6.58. The predicted octanol–water partition coefficient (Wildman–Crippen LogP) is 4.71. The molecule has 2 aromatic carbocycles. The molecule has 1 amide bonds. The van der Waals surface area contributed by atoms with E-state index in [0.717, 1.165) is 30.8 Å². The number of aliphatic hydroxyl groups excluding tert-OH is 1. The van der Waals surface area contributed by atoms with E-state index in [0.29, 0.717) is 54.5 Å². The Balaban J connectivity index is 1.21. The lowest BCUT2D eigenvalue weighted by molar-refractivity contribution is -0.132. The molecule has 35 heavy (non-hydrogen) atoms. The first-order valence-electron chi connectivity index (χ1n) is 11.8. The molecule has 4 rings (SSSR count). The van der Waals surface area contributed by atoms with Crippen LogP contribution in [0.4, 0.5) is 0 Å². The van der Waals surface area contributed by atoms with Gasteiger partial charge in [0.15, 0.2) is 5.78 Å². The summed E-state index contributed by atoms with van der Waals surface area (Å²) in [5.41, 5.74) is 2.27. The number of aliphatic imine (C=N–C) groups is 1. The van der Waals surface area contributed by atoms with Gasteiger partial charge in [-0.1, -0.05) is 47.5 Å². The second kappa shape index (κ2) is 11.8. The fraction of sp³-hybridized carbons (Fsp3) is 0.370. The van der Waals surface area contributed by atoms with Gasteiger partial charge < -0.3 is 10.0 Å². The number of nitrogens with zero attached hydrogens (tertiary/aromatic N) is 3. The Morgan fingerprint density at radius 1 is 0.971 bits per heavy atom. The first-order chi connectivity index (χ1) is 16.9. The second-order valence-electron chi connectivity index (χ2n) is 9.00. The molecule has 0 spiro atoms. The van der Waals surface area contributed by atoms with Crippen molar-refractivity contribution in [2.24, 2.45) is 4.99 Å². The number of allylic oxidation sites excluding steroid dienone is 2. The van der Waals surface area contributed by atoms with Crippen LogP contribution in [0.1, 0.15) is 29.9 Å². The lowest BCUT2D eigenvalue weighted by atomic mass is 9.83. The van der Waals surface area contributed by atoms with Gasteiger partial charge in [0.2, 0.25) is 5.91 Å². The summed E-state index contributed by atoms with van der Waals surface area (Å²) in [7, 11) is 0. The topological polar surface area (TPSA) is 73.2 Å². The summed E-state index contributed by atoms with van der Waals surface area (Å²) in [6.07, 6.45) is 2.66. The van der Waals surface area contributed by atoms with Crippen LogP contribution >= 0.6 is 23.2 Å². The van der Waals surface area contributed by atoms with Gasteiger partial charge in [-0.05, 0) is 41.3 Å². The van der Waals surface area contributed by atoms with Crippen molar-refractivity contribution in [2.45, 2.75) is 25.2 Å². The number of rotatable bonds is 7. The number of carbonyl (C=O) groups is 2. The number of ketones is 1. The molecule has 0 bridgehead atoms. The van der Waals surface area contributed by atoms with Crippen LogP contribution in [-0.2, 0) is 16.0 Å². The van der Waals surface area contributed by atoms with Gasteiger partial charge in [-0.2, -0.15) is 0 Å². The molecular weight excluding hydrogens is 485 g/mol. The van der Waals surface area contributed by atoms with E-state index in [1.165, 1.54) is 6.21 Å². The van der Waals surface area contributed by atoms with E-state index in [4.69, 9.17) is 23.2 Å². The summed E-state index contributed by atoms with van der Waals surface area (Å²) in [5, 5.41) is 11.8. The summed E-state index contributed by atoms with van der Waals surface area (Å²) in [6.45, 7) is 4.23. The molecule has 8 heteroatoms. The monoisotopic (exact) mass is 513 g/mol. The van der Waals surface area contributed by atoms with Crippen molar-refractivity contribution in [3.63, 3.8) is 0 Å². The van der Waals surface area contributed by atoms with Gasteiger partial charge >= 0.3 is 0 Å². The number of aliphatic hydroxyl groups is 1. The molecular formula is C27H29Cl2N3O3. The highest BCUT2D eigenvalue weighted by Crippen LogP contribution is 2.33. The van der Waals surface area contributed by atoms with Crippen molar-refractivity contribution < 1.29 is 14.7 Å². The Kier molecular flexibility index (Phi) is 8.60. The molecule has 2 aromatic rings. The number of piperazine rings is 1. The van der Waals surface area contributed by atoms with Crippen LogP contribution in [0.25, 0.3) is 0 Å². The van der Waals surface area contributed by atoms with Crippen molar-refractivity contribution in [1.29, 1.82) is 0 Å². The van der Waals surface area contributed by atoms with E-state index in [2.05, 4.69) is 9.89 Å². The van der Waals surface area contributed by atoms with Crippen LogP contribution in [0.15, 0.2) is 64.9 Å². The van der Waals surface area contributed by atoms with Crippen LogP contribution in [0.3, 0.4) is 0 Å². The van der Waals surface area contributed by atoms with Gasteiger partial charge in [0, 0.05) is 61.8 Å². The Bertz CT molecular complexity index is 1110. The Morgan fingerprint density at radius 2 is 1.60 bits per heavy atom. The maximum absolute atomic E-state index is 12.6.